The van der Waals surface area contributed by atoms with Gasteiger partial charge in [0.1, 0.15) is 0 Å². The molecule has 0 aromatic heterocycles. The van der Waals surface area contributed by atoms with E-state index in [-0.39, 0.29) is 29.2 Å². The topological polar surface area (TPSA) is 98.3 Å². The second-order valence-corrected chi connectivity index (χ2v) is 5.27. The number of hydrogen-bond donors (Lipinski definition) is 2. The highest BCUT2D eigenvalue weighted by Gasteiger charge is 2.27. The van der Waals surface area contributed by atoms with Crippen molar-refractivity contribution in [2.24, 2.45) is 5.73 Å². The lowest BCUT2D eigenvalue weighted by Gasteiger charge is -2.32. The molecule has 18 heavy (non-hydrogen) atoms. The number of amides is 1. The maximum atomic E-state index is 11.9. The van der Waals surface area contributed by atoms with Gasteiger partial charge in [-0.15, -0.1) is 0 Å². The monoisotopic (exact) mass is 313 g/mol. The summed E-state index contributed by atoms with van der Waals surface area (Å²) in [6.07, 6.45) is 1.50. The Morgan fingerprint density at radius 1 is 1.44 bits per heavy atom. The Kier molecular flexibility index (Phi) is 3.63. The Labute approximate surface area is 112 Å². The second kappa shape index (κ2) is 5.03. The van der Waals surface area contributed by atoms with Gasteiger partial charge in [0.25, 0.3) is 11.6 Å². The molecule has 0 aliphatic heterocycles. The molecule has 0 heterocycles. The fourth-order valence-corrected chi connectivity index (χ4v) is 2.34. The van der Waals surface area contributed by atoms with Gasteiger partial charge < -0.3 is 11.1 Å². The molecule has 0 bridgehead atoms. The van der Waals surface area contributed by atoms with Crippen molar-refractivity contribution in [3.8, 4) is 0 Å². The molecule has 0 atom stereocenters. The molecule has 7 heteroatoms. The average molecular weight is 314 g/mol. The van der Waals surface area contributed by atoms with Crippen LogP contribution in [0.15, 0.2) is 22.7 Å². The van der Waals surface area contributed by atoms with Crippen molar-refractivity contribution in [3.05, 3.63) is 38.3 Å². The van der Waals surface area contributed by atoms with Crippen molar-refractivity contribution >= 4 is 27.5 Å². The van der Waals surface area contributed by atoms with Crippen molar-refractivity contribution in [3.63, 3.8) is 0 Å². The van der Waals surface area contributed by atoms with E-state index in [0.29, 0.717) is 4.47 Å². The van der Waals surface area contributed by atoms with Crippen LogP contribution in [0.25, 0.3) is 0 Å². The molecule has 0 spiro atoms. The maximum Gasteiger partial charge on any atom is 0.271 e. The SMILES string of the molecule is NC1CC(NC(=O)c2cc(Br)cc([N+](=O)[O-])c2)C1. The van der Waals surface area contributed by atoms with Gasteiger partial charge in [0.2, 0.25) is 0 Å². The van der Waals surface area contributed by atoms with Crippen molar-refractivity contribution in [2.75, 3.05) is 0 Å². The van der Waals surface area contributed by atoms with E-state index in [1.807, 2.05) is 0 Å². The number of non-ortho nitro benzene ring substituents is 1. The molecular weight excluding hydrogens is 302 g/mol. The smallest absolute Gasteiger partial charge is 0.271 e. The fourth-order valence-electron chi connectivity index (χ4n) is 1.86. The largest absolute Gasteiger partial charge is 0.349 e. The van der Waals surface area contributed by atoms with Gasteiger partial charge in [-0.2, -0.15) is 0 Å². The number of carbonyl (C=O) groups excluding carboxylic acids is 1. The lowest BCUT2D eigenvalue weighted by molar-refractivity contribution is -0.385. The number of halogens is 1. The number of hydrogen-bond acceptors (Lipinski definition) is 4. The van der Waals surface area contributed by atoms with Crippen LogP contribution in [0.4, 0.5) is 5.69 Å². The standard InChI is InChI=1S/C11H12BrN3O3/c12-7-1-6(2-10(3-7)15(17)18)11(16)14-9-4-8(13)5-9/h1-3,8-9H,4-5,13H2,(H,14,16). The number of nitrogens with zero attached hydrogens (tertiary/aromatic N) is 1. The molecule has 0 saturated heterocycles. The third-order valence-electron chi connectivity index (χ3n) is 2.87. The van der Waals surface area contributed by atoms with E-state index >= 15 is 0 Å². The molecule has 96 valence electrons. The summed E-state index contributed by atoms with van der Waals surface area (Å²) in [4.78, 5) is 22.1. The number of nitrogens with one attached hydrogen (secondary N) is 1. The summed E-state index contributed by atoms with van der Waals surface area (Å²) in [7, 11) is 0. The molecule has 1 amide bonds. The van der Waals surface area contributed by atoms with Crippen LogP contribution in [-0.2, 0) is 0 Å². The molecule has 1 aromatic carbocycles. The van der Waals surface area contributed by atoms with Crippen LogP contribution in [-0.4, -0.2) is 22.9 Å². The molecule has 0 unspecified atom stereocenters. The Hall–Kier alpha value is -1.47. The van der Waals surface area contributed by atoms with Crippen LogP contribution in [0.2, 0.25) is 0 Å². The second-order valence-electron chi connectivity index (χ2n) is 4.36. The Morgan fingerprint density at radius 2 is 2.11 bits per heavy atom. The predicted molar refractivity (Wildman–Crippen MR) is 69.3 cm³/mol. The number of carbonyl (C=O) groups is 1. The highest BCUT2D eigenvalue weighted by atomic mass is 79.9. The normalized spacial score (nSPS) is 22.1. The van der Waals surface area contributed by atoms with Crippen molar-refractivity contribution in [1.29, 1.82) is 0 Å². The number of nitro groups is 1. The number of rotatable bonds is 3. The summed E-state index contributed by atoms with van der Waals surface area (Å²) in [5.41, 5.74) is 5.79. The van der Waals surface area contributed by atoms with E-state index in [9.17, 15) is 14.9 Å². The van der Waals surface area contributed by atoms with Gasteiger partial charge in [0, 0.05) is 34.3 Å². The molecule has 1 saturated carbocycles. The van der Waals surface area contributed by atoms with Gasteiger partial charge >= 0.3 is 0 Å². The molecule has 3 N–H and O–H groups in total. The Bertz CT molecular complexity index is 500. The van der Waals surface area contributed by atoms with E-state index in [2.05, 4.69) is 21.2 Å². The molecule has 1 aliphatic carbocycles. The van der Waals surface area contributed by atoms with E-state index < -0.39 is 4.92 Å². The first-order valence-electron chi connectivity index (χ1n) is 5.47. The van der Waals surface area contributed by atoms with E-state index in [0.717, 1.165) is 12.8 Å². The van der Waals surface area contributed by atoms with Crippen molar-refractivity contribution in [2.45, 2.75) is 24.9 Å². The zero-order valence-electron chi connectivity index (χ0n) is 9.43. The molecule has 1 aromatic rings. The minimum absolute atomic E-state index is 0.0746. The van der Waals surface area contributed by atoms with Gasteiger partial charge in [-0.1, -0.05) is 15.9 Å². The fraction of sp³-hybridized carbons (Fsp3) is 0.364. The lowest BCUT2D eigenvalue weighted by Crippen LogP contribution is -2.50. The van der Waals surface area contributed by atoms with E-state index in [1.165, 1.54) is 12.1 Å². The summed E-state index contributed by atoms with van der Waals surface area (Å²) in [5, 5.41) is 13.5. The van der Waals surface area contributed by atoms with Gasteiger partial charge in [-0.05, 0) is 18.9 Å². The third kappa shape index (κ3) is 2.85. The summed E-state index contributed by atoms with van der Waals surface area (Å²) in [6.45, 7) is 0. The average Bonchev–Trinajstić information content (AvgIpc) is 2.26. The lowest BCUT2D eigenvalue weighted by atomic mass is 9.87. The van der Waals surface area contributed by atoms with Gasteiger partial charge in [0.15, 0.2) is 0 Å². The zero-order chi connectivity index (χ0) is 13.3. The number of nitro benzene ring substituents is 1. The van der Waals surface area contributed by atoms with Gasteiger partial charge in [-0.25, -0.2) is 0 Å². The van der Waals surface area contributed by atoms with Crippen LogP contribution < -0.4 is 11.1 Å². The van der Waals surface area contributed by atoms with Crippen LogP contribution in [0.1, 0.15) is 23.2 Å². The summed E-state index contributed by atoms with van der Waals surface area (Å²) in [6, 6.07) is 4.40. The highest BCUT2D eigenvalue weighted by Crippen LogP contribution is 2.23. The summed E-state index contributed by atoms with van der Waals surface area (Å²) >= 11 is 3.15. The van der Waals surface area contributed by atoms with Gasteiger partial charge in [0.05, 0.1) is 4.92 Å². The Morgan fingerprint density at radius 3 is 2.67 bits per heavy atom. The quantitative estimate of drug-likeness (QED) is 0.653. The first-order chi connectivity index (χ1) is 8.45. The molecule has 1 aliphatic rings. The molecule has 6 nitrogen and oxygen atoms in total. The first-order valence-corrected chi connectivity index (χ1v) is 6.26. The van der Waals surface area contributed by atoms with Crippen LogP contribution in [0.3, 0.4) is 0 Å². The number of benzene rings is 1. The first kappa shape index (κ1) is 13.0. The number of nitrogens with two attached hydrogens (primary N) is 1. The van der Waals surface area contributed by atoms with Gasteiger partial charge in [-0.3, -0.25) is 14.9 Å². The van der Waals surface area contributed by atoms with Crippen LogP contribution >= 0.6 is 15.9 Å². The van der Waals surface area contributed by atoms with Crippen LogP contribution in [0.5, 0.6) is 0 Å². The molecular formula is C11H12BrN3O3. The third-order valence-corrected chi connectivity index (χ3v) is 3.32. The summed E-state index contributed by atoms with van der Waals surface area (Å²) in [5.74, 6) is -0.309. The van der Waals surface area contributed by atoms with E-state index in [4.69, 9.17) is 5.73 Å². The minimum Gasteiger partial charge on any atom is -0.349 e. The molecule has 0 radical (unpaired) electrons. The van der Waals surface area contributed by atoms with Crippen molar-refractivity contribution in [1.82, 2.24) is 5.32 Å². The Balaban J connectivity index is 2.12. The maximum absolute atomic E-state index is 11.9. The van der Waals surface area contributed by atoms with Crippen molar-refractivity contribution < 1.29 is 9.72 Å². The molecule has 2 rings (SSSR count). The predicted octanol–water partition coefficient (Wildman–Crippen LogP) is 1.58. The minimum atomic E-state index is -0.527. The van der Waals surface area contributed by atoms with E-state index in [1.54, 1.807) is 6.07 Å². The highest BCUT2D eigenvalue weighted by molar-refractivity contribution is 9.10. The molecule has 1 fully saturated rings. The van der Waals surface area contributed by atoms with Crippen LogP contribution in [0, 0.1) is 10.1 Å². The zero-order valence-corrected chi connectivity index (χ0v) is 11.0. The summed E-state index contributed by atoms with van der Waals surface area (Å²) < 4.78 is 0.507.